The molecule has 0 aliphatic rings. The van der Waals surface area contributed by atoms with E-state index in [0.29, 0.717) is 0 Å². The van der Waals surface area contributed by atoms with Gasteiger partial charge in [-0.05, 0) is 25.0 Å². The van der Waals surface area contributed by atoms with Crippen molar-refractivity contribution in [1.82, 2.24) is 4.98 Å². The molecule has 1 aromatic rings. The predicted molar refractivity (Wildman–Crippen MR) is 70.8 cm³/mol. The minimum Gasteiger partial charge on any atom is -0.370 e. The topological polar surface area (TPSA) is 24.9 Å². The second-order valence-electron chi connectivity index (χ2n) is 4.36. The number of nitrogens with one attached hydrogen (secondary N) is 1. The Morgan fingerprint density at radius 1 is 1.12 bits per heavy atom. The fourth-order valence-corrected chi connectivity index (χ4v) is 1.78. The zero-order valence-corrected chi connectivity index (χ0v) is 10.6. The number of anilines is 1. The van der Waals surface area contributed by atoms with Gasteiger partial charge < -0.3 is 5.32 Å². The number of unbranched alkanes of at least 4 members (excludes halogenated alkanes) is 5. The number of aromatic nitrogens is 1. The lowest BCUT2D eigenvalue weighted by Crippen LogP contribution is -2.04. The molecule has 0 aliphatic carbocycles. The Kier molecular flexibility index (Phi) is 6.62. The van der Waals surface area contributed by atoms with Crippen molar-refractivity contribution in [3.05, 3.63) is 23.9 Å². The van der Waals surface area contributed by atoms with Crippen molar-refractivity contribution in [2.45, 2.75) is 52.4 Å². The fraction of sp³-hybridized carbons (Fsp3) is 0.643. The van der Waals surface area contributed by atoms with Crippen LogP contribution >= 0.6 is 0 Å². The van der Waals surface area contributed by atoms with Gasteiger partial charge in [-0.2, -0.15) is 0 Å². The van der Waals surface area contributed by atoms with E-state index in [9.17, 15) is 0 Å². The summed E-state index contributed by atoms with van der Waals surface area (Å²) in [6, 6.07) is 4.07. The molecule has 16 heavy (non-hydrogen) atoms. The molecule has 0 saturated heterocycles. The molecule has 0 unspecified atom stereocenters. The molecule has 0 saturated carbocycles. The highest BCUT2D eigenvalue weighted by molar-refractivity contribution is 5.42. The minimum atomic E-state index is 1.04. The van der Waals surface area contributed by atoms with Crippen LogP contribution in [0.25, 0.3) is 0 Å². The van der Waals surface area contributed by atoms with E-state index in [0.717, 1.165) is 12.4 Å². The van der Waals surface area contributed by atoms with E-state index in [1.54, 1.807) is 0 Å². The fourth-order valence-electron chi connectivity index (χ4n) is 1.78. The standard InChI is InChI=1S/C14H24N2/c1-3-4-5-6-7-8-11-15-14-13(2)10-9-12-16-14/h9-10,12H,3-8,11H2,1-2H3,(H,15,16). The maximum Gasteiger partial charge on any atom is 0.128 e. The Morgan fingerprint density at radius 3 is 2.62 bits per heavy atom. The van der Waals surface area contributed by atoms with Crippen LogP contribution in [0.1, 0.15) is 51.0 Å². The van der Waals surface area contributed by atoms with Crippen LogP contribution in [0.15, 0.2) is 18.3 Å². The molecule has 1 heterocycles. The van der Waals surface area contributed by atoms with Gasteiger partial charge in [0.2, 0.25) is 0 Å². The van der Waals surface area contributed by atoms with Gasteiger partial charge in [-0.1, -0.05) is 45.1 Å². The van der Waals surface area contributed by atoms with Gasteiger partial charge in [0.15, 0.2) is 0 Å². The van der Waals surface area contributed by atoms with E-state index in [1.807, 2.05) is 12.3 Å². The predicted octanol–water partition coefficient (Wildman–Crippen LogP) is 4.16. The lowest BCUT2D eigenvalue weighted by atomic mass is 10.1. The number of pyridine rings is 1. The van der Waals surface area contributed by atoms with Crippen molar-refractivity contribution in [2.24, 2.45) is 0 Å². The first kappa shape index (κ1) is 13.0. The summed E-state index contributed by atoms with van der Waals surface area (Å²) in [7, 11) is 0. The average Bonchev–Trinajstić information content (AvgIpc) is 2.30. The second-order valence-corrected chi connectivity index (χ2v) is 4.36. The van der Waals surface area contributed by atoms with Crippen molar-refractivity contribution in [1.29, 1.82) is 0 Å². The first-order chi connectivity index (χ1) is 7.84. The largest absolute Gasteiger partial charge is 0.370 e. The van der Waals surface area contributed by atoms with Gasteiger partial charge in [0.1, 0.15) is 5.82 Å². The van der Waals surface area contributed by atoms with Crippen molar-refractivity contribution in [3.8, 4) is 0 Å². The van der Waals surface area contributed by atoms with E-state index in [4.69, 9.17) is 0 Å². The van der Waals surface area contributed by atoms with Crippen LogP contribution < -0.4 is 5.32 Å². The van der Waals surface area contributed by atoms with Crippen molar-refractivity contribution >= 4 is 5.82 Å². The lowest BCUT2D eigenvalue weighted by Gasteiger charge is -2.07. The van der Waals surface area contributed by atoms with Gasteiger partial charge in [0, 0.05) is 12.7 Å². The van der Waals surface area contributed by atoms with Gasteiger partial charge in [-0.25, -0.2) is 4.98 Å². The van der Waals surface area contributed by atoms with Gasteiger partial charge in [-0.3, -0.25) is 0 Å². The molecule has 90 valence electrons. The summed E-state index contributed by atoms with van der Waals surface area (Å²) in [6.07, 6.45) is 9.89. The highest BCUT2D eigenvalue weighted by Gasteiger charge is 1.96. The van der Waals surface area contributed by atoms with E-state index < -0.39 is 0 Å². The summed E-state index contributed by atoms with van der Waals surface area (Å²) >= 11 is 0. The normalized spacial score (nSPS) is 10.4. The molecule has 0 aliphatic heterocycles. The lowest BCUT2D eigenvalue weighted by molar-refractivity contribution is 0.616. The third kappa shape index (κ3) is 5.15. The van der Waals surface area contributed by atoms with Gasteiger partial charge in [-0.15, -0.1) is 0 Å². The smallest absolute Gasteiger partial charge is 0.128 e. The van der Waals surface area contributed by atoms with E-state index in [1.165, 1.54) is 44.1 Å². The second kappa shape index (κ2) is 8.14. The monoisotopic (exact) mass is 220 g/mol. The van der Waals surface area contributed by atoms with Crippen LogP contribution in [0.2, 0.25) is 0 Å². The van der Waals surface area contributed by atoms with Crippen LogP contribution in [-0.2, 0) is 0 Å². The van der Waals surface area contributed by atoms with Crippen LogP contribution in [0.3, 0.4) is 0 Å². The summed E-state index contributed by atoms with van der Waals surface area (Å²) in [6.45, 7) is 5.39. The Labute approximate surface area is 99.5 Å². The molecule has 0 bridgehead atoms. The zero-order valence-electron chi connectivity index (χ0n) is 10.6. The minimum absolute atomic E-state index is 1.04. The van der Waals surface area contributed by atoms with Gasteiger partial charge in [0.25, 0.3) is 0 Å². The summed E-state index contributed by atoms with van der Waals surface area (Å²) in [5.74, 6) is 1.04. The number of hydrogen-bond donors (Lipinski definition) is 1. The van der Waals surface area contributed by atoms with Gasteiger partial charge in [0.05, 0.1) is 0 Å². The molecular weight excluding hydrogens is 196 g/mol. The first-order valence-corrected chi connectivity index (χ1v) is 6.50. The summed E-state index contributed by atoms with van der Waals surface area (Å²) in [5.41, 5.74) is 1.23. The summed E-state index contributed by atoms with van der Waals surface area (Å²) in [4.78, 5) is 4.31. The molecule has 0 atom stereocenters. The third-order valence-corrected chi connectivity index (χ3v) is 2.83. The van der Waals surface area contributed by atoms with E-state index >= 15 is 0 Å². The molecule has 1 N–H and O–H groups in total. The van der Waals surface area contributed by atoms with E-state index in [2.05, 4.69) is 30.2 Å². The van der Waals surface area contributed by atoms with Gasteiger partial charge >= 0.3 is 0 Å². The number of aryl methyl sites for hydroxylation is 1. The molecule has 1 rings (SSSR count). The molecule has 1 aromatic heterocycles. The number of hydrogen-bond acceptors (Lipinski definition) is 2. The Bertz CT molecular complexity index is 284. The summed E-state index contributed by atoms with van der Waals surface area (Å²) < 4.78 is 0. The van der Waals surface area contributed by atoms with E-state index in [-0.39, 0.29) is 0 Å². The molecule has 0 spiro atoms. The first-order valence-electron chi connectivity index (χ1n) is 6.50. The molecular formula is C14H24N2. The number of rotatable bonds is 8. The molecule has 0 aromatic carbocycles. The zero-order chi connectivity index (χ0) is 11.6. The molecule has 2 nitrogen and oxygen atoms in total. The van der Waals surface area contributed by atoms with Crippen molar-refractivity contribution in [3.63, 3.8) is 0 Å². The molecule has 0 amide bonds. The molecule has 0 radical (unpaired) electrons. The summed E-state index contributed by atoms with van der Waals surface area (Å²) in [5, 5.41) is 3.39. The van der Waals surface area contributed by atoms with Crippen LogP contribution in [0.4, 0.5) is 5.82 Å². The maximum atomic E-state index is 4.31. The Balaban J connectivity index is 2.05. The Hall–Kier alpha value is -1.05. The molecule has 2 heteroatoms. The van der Waals surface area contributed by atoms with Crippen LogP contribution in [-0.4, -0.2) is 11.5 Å². The van der Waals surface area contributed by atoms with Crippen LogP contribution in [0, 0.1) is 6.92 Å². The number of nitrogens with zero attached hydrogens (tertiary/aromatic N) is 1. The molecule has 0 fully saturated rings. The third-order valence-electron chi connectivity index (χ3n) is 2.83. The van der Waals surface area contributed by atoms with Crippen molar-refractivity contribution < 1.29 is 0 Å². The highest BCUT2D eigenvalue weighted by Crippen LogP contribution is 2.10. The highest BCUT2D eigenvalue weighted by atomic mass is 15.0. The maximum absolute atomic E-state index is 4.31. The Morgan fingerprint density at radius 2 is 1.88 bits per heavy atom. The average molecular weight is 220 g/mol. The van der Waals surface area contributed by atoms with Crippen molar-refractivity contribution in [2.75, 3.05) is 11.9 Å². The SMILES string of the molecule is CCCCCCCCNc1ncccc1C. The van der Waals surface area contributed by atoms with Crippen LogP contribution in [0.5, 0.6) is 0 Å². The quantitative estimate of drug-likeness (QED) is 0.665.